The lowest BCUT2D eigenvalue weighted by atomic mass is 9.99. The second-order valence-electron chi connectivity index (χ2n) is 9.95. The molecule has 214 valence electrons. The maximum Gasteiger partial charge on any atom is 0.344 e. The smallest absolute Gasteiger partial charge is 0.344 e. The Morgan fingerprint density at radius 2 is 1.60 bits per heavy atom. The monoisotopic (exact) mass is 555 g/mol. The van der Waals surface area contributed by atoms with Crippen LogP contribution in [0, 0.1) is 11.6 Å². The number of hydrogen-bond acceptors (Lipinski definition) is 6. The van der Waals surface area contributed by atoms with Crippen molar-refractivity contribution in [3.63, 3.8) is 0 Å². The van der Waals surface area contributed by atoms with Gasteiger partial charge in [-0.25, -0.2) is 13.6 Å². The van der Waals surface area contributed by atoms with Crippen molar-refractivity contribution in [2.24, 2.45) is 5.73 Å². The molecule has 0 radical (unpaired) electrons. The molecule has 0 bridgehead atoms. The number of aliphatic carboxylic acids is 1. The van der Waals surface area contributed by atoms with Crippen LogP contribution in [0.1, 0.15) is 52.2 Å². The van der Waals surface area contributed by atoms with Gasteiger partial charge in [0.2, 0.25) is 5.91 Å². The molecule has 8 nitrogen and oxygen atoms in total. The molecule has 2 aromatic carbocycles. The number of carbonyl (C=O) groups excluding carboxylic acids is 1. The Morgan fingerprint density at radius 3 is 2.20 bits per heavy atom. The molecule has 0 aliphatic heterocycles. The zero-order chi connectivity index (χ0) is 29.6. The molecular weight excluding hydrogens is 520 g/mol. The normalized spacial score (nSPS) is 11.9. The number of carboxylic acids is 1. The second kappa shape index (κ2) is 13.3. The van der Waals surface area contributed by atoms with Crippen molar-refractivity contribution in [3.8, 4) is 28.6 Å². The van der Waals surface area contributed by atoms with Crippen molar-refractivity contribution in [1.29, 1.82) is 0 Å². The van der Waals surface area contributed by atoms with Crippen LogP contribution in [0.5, 0.6) is 17.5 Å². The third kappa shape index (κ3) is 7.53. The number of carboxylic acid groups (broad SMARTS) is 1. The highest BCUT2D eigenvalue weighted by Crippen LogP contribution is 2.32. The summed E-state index contributed by atoms with van der Waals surface area (Å²) in [6.07, 6.45) is -1.28. The lowest BCUT2D eigenvalue weighted by Crippen LogP contribution is -2.42. The molecule has 3 N–H and O–H groups in total. The fraction of sp³-hybridized carbons (Fsp3) is 0.367. The minimum atomic E-state index is -1.37. The summed E-state index contributed by atoms with van der Waals surface area (Å²) in [5, 5.41) is 9.25. The van der Waals surface area contributed by atoms with E-state index in [0.717, 1.165) is 11.1 Å². The van der Waals surface area contributed by atoms with E-state index in [1.807, 2.05) is 58.0 Å². The maximum absolute atomic E-state index is 14.7. The zero-order valence-electron chi connectivity index (χ0n) is 23.3. The topological polar surface area (TPSA) is 115 Å². The van der Waals surface area contributed by atoms with Gasteiger partial charge in [-0.05, 0) is 74.6 Å². The van der Waals surface area contributed by atoms with Crippen LogP contribution in [0.4, 0.5) is 8.78 Å². The summed E-state index contributed by atoms with van der Waals surface area (Å²) in [5.74, 6) is -4.82. The highest BCUT2D eigenvalue weighted by Gasteiger charge is 2.24. The summed E-state index contributed by atoms with van der Waals surface area (Å²) in [7, 11) is 0. The van der Waals surface area contributed by atoms with Gasteiger partial charge in [-0.3, -0.25) is 4.79 Å². The molecular formula is C30H35F2N3O5. The molecule has 1 unspecified atom stereocenters. The quantitative estimate of drug-likeness (QED) is 0.294. The largest absolute Gasteiger partial charge is 0.479 e. The van der Waals surface area contributed by atoms with Crippen LogP contribution < -0.4 is 15.2 Å². The second-order valence-corrected chi connectivity index (χ2v) is 9.95. The average Bonchev–Trinajstić information content (AvgIpc) is 2.88. The third-order valence-corrected chi connectivity index (χ3v) is 6.20. The Kier molecular flexibility index (Phi) is 10.2. The minimum absolute atomic E-state index is 0.0127. The van der Waals surface area contributed by atoms with E-state index in [9.17, 15) is 23.5 Å². The lowest BCUT2D eigenvalue weighted by Gasteiger charge is -2.31. The number of hydrogen-bond donors (Lipinski definition) is 2. The fourth-order valence-corrected chi connectivity index (χ4v) is 4.45. The number of aromatic nitrogens is 1. The molecule has 1 amide bonds. The van der Waals surface area contributed by atoms with E-state index in [1.165, 1.54) is 0 Å². The van der Waals surface area contributed by atoms with Gasteiger partial charge in [-0.1, -0.05) is 31.2 Å². The number of ether oxygens (including phenoxy) is 2. The van der Waals surface area contributed by atoms with Crippen LogP contribution in [-0.4, -0.2) is 45.1 Å². The number of halogens is 2. The van der Waals surface area contributed by atoms with E-state index in [-0.39, 0.29) is 36.6 Å². The van der Waals surface area contributed by atoms with Crippen LogP contribution in [0.15, 0.2) is 48.5 Å². The van der Waals surface area contributed by atoms with Crippen molar-refractivity contribution in [1.82, 2.24) is 9.88 Å². The van der Waals surface area contributed by atoms with Gasteiger partial charge in [0.15, 0.2) is 17.7 Å². The molecule has 0 saturated heterocycles. The Morgan fingerprint density at radius 1 is 0.950 bits per heavy atom. The number of pyridine rings is 1. The zero-order valence-corrected chi connectivity index (χ0v) is 23.3. The van der Waals surface area contributed by atoms with Crippen LogP contribution in [0.2, 0.25) is 0 Å². The van der Waals surface area contributed by atoms with Crippen molar-refractivity contribution in [2.75, 3.05) is 0 Å². The number of amides is 1. The van der Waals surface area contributed by atoms with Crippen molar-refractivity contribution in [3.05, 3.63) is 71.3 Å². The van der Waals surface area contributed by atoms with E-state index in [4.69, 9.17) is 15.2 Å². The van der Waals surface area contributed by atoms with E-state index in [0.29, 0.717) is 23.7 Å². The van der Waals surface area contributed by atoms with Crippen LogP contribution in [-0.2, 0) is 22.6 Å². The molecule has 0 aliphatic rings. The molecule has 40 heavy (non-hydrogen) atoms. The third-order valence-electron chi connectivity index (χ3n) is 6.20. The first-order chi connectivity index (χ1) is 18.9. The van der Waals surface area contributed by atoms with Gasteiger partial charge in [-0.15, -0.1) is 0 Å². The minimum Gasteiger partial charge on any atom is -0.479 e. The predicted octanol–water partition coefficient (Wildman–Crippen LogP) is 5.71. The van der Waals surface area contributed by atoms with Crippen LogP contribution in [0.3, 0.4) is 0 Å². The van der Waals surface area contributed by atoms with Crippen molar-refractivity contribution >= 4 is 11.9 Å². The number of nitrogens with two attached hydrogens (primary N) is 1. The molecule has 0 aliphatic carbocycles. The summed E-state index contributed by atoms with van der Waals surface area (Å²) in [6.45, 7) is 9.64. The summed E-state index contributed by atoms with van der Waals surface area (Å²) in [6, 6.07) is 13.1. The van der Waals surface area contributed by atoms with Crippen molar-refractivity contribution < 1.29 is 33.0 Å². The van der Waals surface area contributed by atoms with Gasteiger partial charge in [0.25, 0.3) is 11.8 Å². The van der Waals surface area contributed by atoms with Gasteiger partial charge >= 0.3 is 5.97 Å². The highest BCUT2D eigenvalue weighted by atomic mass is 19.1. The number of nitrogens with zero attached hydrogens (tertiary/aromatic N) is 2. The number of carbonyl (C=O) groups is 2. The first-order valence-electron chi connectivity index (χ1n) is 13.1. The Balaban J connectivity index is 2.05. The molecule has 3 rings (SSSR count). The van der Waals surface area contributed by atoms with Crippen LogP contribution >= 0.6 is 0 Å². The van der Waals surface area contributed by atoms with Gasteiger partial charge in [0, 0.05) is 24.7 Å². The molecule has 0 saturated carbocycles. The van der Waals surface area contributed by atoms with Gasteiger partial charge < -0.3 is 25.2 Å². The summed E-state index contributed by atoms with van der Waals surface area (Å²) in [5.41, 5.74) is 8.81. The Bertz CT molecular complexity index is 1360. The summed E-state index contributed by atoms with van der Waals surface area (Å²) in [4.78, 5) is 30.1. The predicted molar refractivity (Wildman–Crippen MR) is 147 cm³/mol. The van der Waals surface area contributed by atoms with E-state index < -0.39 is 35.5 Å². The SMILES string of the molecule is CCC(Oc1nc(Oc2cc(CC(=O)N(C(C)C)C(C)C)cc(-c3cccc(CN)c3)c2)c(F)cc1F)C(=O)O. The molecule has 0 spiro atoms. The van der Waals surface area contributed by atoms with Gasteiger partial charge in [0.05, 0.1) is 6.42 Å². The average molecular weight is 556 g/mol. The number of benzene rings is 2. The number of rotatable bonds is 12. The molecule has 1 heterocycles. The van der Waals surface area contributed by atoms with Gasteiger partial charge in [0.1, 0.15) is 5.75 Å². The van der Waals surface area contributed by atoms with Crippen molar-refractivity contribution in [2.45, 2.75) is 72.2 Å². The Hall–Kier alpha value is -4.05. The summed E-state index contributed by atoms with van der Waals surface area (Å²) >= 11 is 0. The molecule has 3 aromatic rings. The maximum atomic E-state index is 14.7. The molecule has 1 atom stereocenters. The first-order valence-corrected chi connectivity index (χ1v) is 13.1. The standard InChI is InChI=1S/C30H35F2N3O5/c1-6-26(30(37)38)40-29-25(32)15-24(31)28(34-29)39-23-12-20(13-27(36)35(17(2)3)18(4)5)11-22(14-23)21-9-7-8-19(10-21)16-33/h7-12,14-15,17-18,26H,6,13,16,33H2,1-5H3,(H,37,38). The van der Waals surface area contributed by atoms with Crippen LogP contribution in [0.25, 0.3) is 11.1 Å². The van der Waals surface area contributed by atoms with Gasteiger partial charge in [-0.2, -0.15) is 4.98 Å². The molecule has 10 heteroatoms. The van der Waals surface area contributed by atoms with E-state index >= 15 is 0 Å². The lowest BCUT2D eigenvalue weighted by molar-refractivity contribution is -0.145. The fourth-order valence-electron chi connectivity index (χ4n) is 4.45. The molecule has 0 fully saturated rings. The highest BCUT2D eigenvalue weighted by molar-refractivity contribution is 5.80. The van der Waals surface area contributed by atoms with E-state index in [2.05, 4.69) is 4.98 Å². The summed E-state index contributed by atoms with van der Waals surface area (Å²) < 4.78 is 40.0. The van der Waals surface area contributed by atoms with E-state index in [1.54, 1.807) is 24.0 Å². The Labute approximate surface area is 232 Å². The molecule has 1 aromatic heterocycles. The first kappa shape index (κ1) is 30.5.